The van der Waals surface area contributed by atoms with Gasteiger partial charge in [-0.1, -0.05) is 77.1 Å². The van der Waals surface area contributed by atoms with E-state index >= 15 is 0 Å². The largest absolute Gasteiger partial charge is 0.342 e. The van der Waals surface area contributed by atoms with Crippen LogP contribution in [0.1, 0.15) is 100 Å². The summed E-state index contributed by atoms with van der Waals surface area (Å²) in [5.74, 6) is 0.235. The average Bonchev–Trinajstić information content (AvgIpc) is 2.93. The Balaban J connectivity index is 1.68. The Kier molecular flexibility index (Phi) is 9.19. The maximum Gasteiger partial charge on any atom is 0.246 e. The Hall–Kier alpha value is -2.99. The number of benzene rings is 2. The molecule has 0 saturated carbocycles. The van der Waals surface area contributed by atoms with E-state index in [1.165, 1.54) is 16.7 Å². The van der Waals surface area contributed by atoms with Crippen molar-refractivity contribution in [2.45, 2.75) is 110 Å². The quantitative estimate of drug-likeness (QED) is 0.473. The Morgan fingerprint density at radius 1 is 1.00 bits per heavy atom. The highest BCUT2D eigenvalue weighted by atomic mass is 16.2. The Labute approximate surface area is 240 Å². The third-order valence-corrected chi connectivity index (χ3v) is 8.85. The van der Waals surface area contributed by atoms with E-state index in [4.69, 9.17) is 0 Å². The summed E-state index contributed by atoms with van der Waals surface area (Å²) in [5.41, 5.74) is 5.53. The molecule has 0 radical (unpaired) electrons. The number of likely N-dealkylation sites (N-methyl/N-ethyl adjacent to an activating group) is 1. The summed E-state index contributed by atoms with van der Waals surface area (Å²) in [6, 6.07) is 13.2. The lowest BCUT2D eigenvalue weighted by Gasteiger charge is -2.42. The van der Waals surface area contributed by atoms with Crippen molar-refractivity contribution in [1.29, 1.82) is 0 Å². The van der Waals surface area contributed by atoms with Crippen LogP contribution in [0.3, 0.4) is 0 Å². The zero-order valence-corrected chi connectivity index (χ0v) is 25.3. The maximum absolute atomic E-state index is 14.4. The van der Waals surface area contributed by atoms with Crippen LogP contribution in [0.2, 0.25) is 0 Å². The van der Waals surface area contributed by atoms with Crippen molar-refractivity contribution in [1.82, 2.24) is 15.5 Å². The van der Waals surface area contributed by atoms with E-state index in [2.05, 4.69) is 66.9 Å². The second-order valence-electron chi connectivity index (χ2n) is 13.1. The Morgan fingerprint density at radius 3 is 2.40 bits per heavy atom. The number of carbonyl (C=O) groups is 3. The lowest BCUT2D eigenvalue weighted by molar-refractivity contribution is -0.146. The van der Waals surface area contributed by atoms with Crippen LogP contribution in [0.25, 0.3) is 0 Å². The first-order valence-corrected chi connectivity index (χ1v) is 14.9. The fourth-order valence-electron chi connectivity index (χ4n) is 6.14. The lowest BCUT2D eigenvalue weighted by Crippen LogP contribution is -2.60. The molecule has 1 aliphatic heterocycles. The standard InChI is InChI=1S/C34H47N3O3/c1-21(2)24-15-16-25-18-29(30(38)19-26-13-10-12-23-11-8-9-14-28(23)26)37(20-27(25)17-24)33(40)31(34(4,5)6)36-32(39)22(3)35-7/h8-9,11,14-17,21-22,26,29,31,35H,10,12-13,18-20H2,1-7H3,(H,36,39)/t22-,26-,29-,31+/m0/s1. The highest BCUT2D eigenvalue weighted by Crippen LogP contribution is 2.36. The minimum Gasteiger partial charge on any atom is -0.342 e. The van der Waals surface area contributed by atoms with Crippen LogP contribution in [0.5, 0.6) is 0 Å². The van der Waals surface area contributed by atoms with Gasteiger partial charge in [0, 0.05) is 19.4 Å². The number of hydrogen-bond donors (Lipinski definition) is 2. The van der Waals surface area contributed by atoms with Crippen LogP contribution < -0.4 is 10.6 Å². The van der Waals surface area contributed by atoms with Gasteiger partial charge in [-0.2, -0.15) is 0 Å². The van der Waals surface area contributed by atoms with Crippen LogP contribution in [0.4, 0.5) is 0 Å². The summed E-state index contributed by atoms with van der Waals surface area (Å²) in [6.45, 7) is 12.4. The summed E-state index contributed by atoms with van der Waals surface area (Å²) in [6.07, 6.45) is 4.04. The van der Waals surface area contributed by atoms with E-state index in [-0.39, 0.29) is 23.5 Å². The van der Waals surface area contributed by atoms with Gasteiger partial charge in [0.2, 0.25) is 11.8 Å². The van der Waals surface area contributed by atoms with E-state index in [1.54, 1.807) is 18.9 Å². The molecule has 2 aromatic rings. The van der Waals surface area contributed by atoms with Crippen molar-refractivity contribution < 1.29 is 14.4 Å². The summed E-state index contributed by atoms with van der Waals surface area (Å²) in [4.78, 5) is 43.2. The number of fused-ring (bicyclic) bond motifs is 2. The zero-order valence-electron chi connectivity index (χ0n) is 25.3. The van der Waals surface area contributed by atoms with E-state index in [0.717, 1.165) is 30.4 Å². The van der Waals surface area contributed by atoms with Gasteiger partial charge < -0.3 is 15.5 Å². The molecule has 2 aliphatic rings. The molecule has 6 heteroatoms. The van der Waals surface area contributed by atoms with Gasteiger partial charge in [-0.15, -0.1) is 0 Å². The molecular weight excluding hydrogens is 498 g/mol. The summed E-state index contributed by atoms with van der Waals surface area (Å²) >= 11 is 0. The van der Waals surface area contributed by atoms with E-state index in [1.807, 2.05) is 20.8 Å². The van der Waals surface area contributed by atoms with Crippen molar-refractivity contribution >= 4 is 17.6 Å². The second kappa shape index (κ2) is 12.3. The molecule has 0 unspecified atom stereocenters. The lowest BCUT2D eigenvalue weighted by atomic mass is 9.78. The molecule has 40 heavy (non-hydrogen) atoms. The minimum absolute atomic E-state index is 0.108. The predicted octanol–water partition coefficient (Wildman–Crippen LogP) is 5.28. The first-order chi connectivity index (χ1) is 18.9. The average molecular weight is 546 g/mol. The first-order valence-electron chi connectivity index (χ1n) is 14.9. The molecule has 6 nitrogen and oxygen atoms in total. The van der Waals surface area contributed by atoms with Crippen LogP contribution in [-0.2, 0) is 33.8 Å². The van der Waals surface area contributed by atoms with Crippen molar-refractivity contribution in [2.24, 2.45) is 5.41 Å². The Morgan fingerprint density at radius 2 is 1.73 bits per heavy atom. The topological polar surface area (TPSA) is 78.5 Å². The number of carbonyl (C=O) groups excluding carboxylic acids is 3. The van der Waals surface area contributed by atoms with Gasteiger partial charge in [0.05, 0.1) is 12.1 Å². The highest BCUT2D eigenvalue weighted by Gasteiger charge is 2.42. The van der Waals surface area contributed by atoms with Gasteiger partial charge in [-0.25, -0.2) is 0 Å². The molecule has 0 bridgehead atoms. The SMILES string of the molecule is CN[C@@H](C)C(=O)N[C@H](C(=O)N1Cc2cc(C(C)C)ccc2C[C@H]1C(=O)C[C@@H]1CCCc2ccccc21)C(C)(C)C. The van der Waals surface area contributed by atoms with E-state index < -0.39 is 23.5 Å². The van der Waals surface area contributed by atoms with Crippen molar-refractivity contribution in [3.05, 3.63) is 70.3 Å². The van der Waals surface area contributed by atoms with Crippen molar-refractivity contribution in [2.75, 3.05) is 7.05 Å². The molecule has 216 valence electrons. The maximum atomic E-state index is 14.4. The van der Waals surface area contributed by atoms with Gasteiger partial charge >= 0.3 is 0 Å². The fraction of sp³-hybridized carbons (Fsp3) is 0.559. The van der Waals surface area contributed by atoms with Gasteiger partial charge in [-0.05, 0) is 78.3 Å². The number of ketones is 1. The highest BCUT2D eigenvalue weighted by molar-refractivity contribution is 5.95. The number of amides is 2. The fourth-order valence-corrected chi connectivity index (χ4v) is 6.14. The summed E-state index contributed by atoms with van der Waals surface area (Å²) in [5, 5.41) is 5.97. The molecule has 1 aliphatic carbocycles. The molecule has 2 aromatic carbocycles. The molecule has 1 heterocycles. The third kappa shape index (κ3) is 6.49. The van der Waals surface area contributed by atoms with Gasteiger partial charge in [0.1, 0.15) is 6.04 Å². The normalized spacial score (nSPS) is 20.4. The number of rotatable bonds is 8. The summed E-state index contributed by atoms with van der Waals surface area (Å²) < 4.78 is 0. The van der Waals surface area contributed by atoms with Crippen molar-refractivity contribution in [3.63, 3.8) is 0 Å². The second-order valence-corrected chi connectivity index (χ2v) is 13.1. The molecule has 4 rings (SSSR count). The Bertz CT molecular complexity index is 1250. The van der Waals surface area contributed by atoms with E-state index in [0.29, 0.717) is 25.3 Å². The first kappa shape index (κ1) is 30.0. The van der Waals surface area contributed by atoms with Crippen LogP contribution in [0, 0.1) is 5.41 Å². The molecule has 0 saturated heterocycles. The summed E-state index contributed by atoms with van der Waals surface area (Å²) in [7, 11) is 1.73. The van der Waals surface area contributed by atoms with Crippen molar-refractivity contribution in [3.8, 4) is 0 Å². The zero-order chi connectivity index (χ0) is 29.2. The van der Waals surface area contributed by atoms with Gasteiger partial charge in [0.15, 0.2) is 5.78 Å². The smallest absolute Gasteiger partial charge is 0.246 e. The number of hydrogen-bond acceptors (Lipinski definition) is 4. The molecule has 2 N–H and O–H groups in total. The third-order valence-electron chi connectivity index (χ3n) is 8.85. The monoisotopic (exact) mass is 545 g/mol. The van der Waals surface area contributed by atoms with Crippen LogP contribution in [0.15, 0.2) is 42.5 Å². The molecule has 4 atom stereocenters. The molecule has 0 fully saturated rings. The van der Waals surface area contributed by atoms with E-state index in [9.17, 15) is 14.4 Å². The number of nitrogens with one attached hydrogen (secondary N) is 2. The van der Waals surface area contributed by atoms with Gasteiger partial charge in [-0.3, -0.25) is 14.4 Å². The number of Topliss-reactive ketones (excluding diaryl/α,β-unsaturated/α-hetero) is 1. The molecule has 0 aromatic heterocycles. The molecule has 2 amide bonds. The molecular formula is C34H47N3O3. The van der Waals surface area contributed by atoms with Crippen LogP contribution in [-0.4, -0.2) is 47.7 Å². The minimum atomic E-state index is -0.753. The number of nitrogens with zero attached hydrogens (tertiary/aromatic N) is 1. The van der Waals surface area contributed by atoms with Gasteiger partial charge in [0.25, 0.3) is 0 Å². The predicted molar refractivity (Wildman–Crippen MR) is 160 cm³/mol. The number of aryl methyl sites for hydroxylation is 1. The molecule has 0 spiro atoms. The van der Waals surface area contributed by atoms with Crippen LogP contribution >= 0.6 is 0 Å².